The van der Waals surface area contributed by atoms with Crippen LogP contribution >= 0.6 is 11.6 Å². The van der Waals surface area contributed by atoms with Crippen LogP contribution in [0.15, 0.2) is 48.7 Å². The van der Waals surface area contributed by atoms with Gasteiger partial charge in [-0.05, 0) is 42.3 Å². The first-order valence-corrected chi connectivity index (χ1v) is 7.03. The molecule has 0 aliphatic rings. The van der Waals surface area contributed by atoms with Gasteiger partial charge in [0.15, 0.2) is 0 Å². The number of pyridine rings is 1. The summed E-state index contributed by atoms with van der Waals surface area (Å²) in [6.07, 6.45) is 1.77. The number of aromatic nitrogens is 1. The molecule has 0 aliphatic carbocycles. The van der Waals surface area contributed by atoms with Crippen LogP contribution in [0.5, 0.6) is 5.75 Å². The Kier molecular flexibility index (Phi) is 3.67. The number of halogens is 1. The summed E-state index contributed by atoms with van der Waals surface area (Å²) in [5.41, 5.74) is 9.68. The van der Waals surface area contributed by atoms with Gasteiger partial charge in [-0.1, -0.05) is 23.7 Å². The first-order valence-electron chi connectivity index (χ1n) is 6.65. The molecule has 1 aromatic heterocycles. The molecule has 1 heterocycles. The van der Waals surface area contributed by atoms with Crippen molar-refractivity contribution in [2.75, 3.05) is 5.73 Å². The number of benzene rings is 2. The Morgan fingerprint density at radius 3 is 2.67 bits per heavy atom. The van der Waals surface area contributed by atoms with E-state index in [1.807, 2.05) is 49.4 Å². The third-order valence-electron chi connectivity index (χ3n) is 3.38. The maximum atomic E-state index is 6.05. The Balaban J connectivity index is 1.87. The Labute approximate surface area is 128 Å². The predicted octanol–water partition coefficient (Wildman–Crippen LogP) is 4.36. The normalized spacial score (nSPS) is 10.8. The number of hydrogen-bond donors (Lipinski definition) is 1. The topological polar surface area (TPSA) is 48.1 Å². The van der Waals surface area contributed by atoms with Crippen molar-refractivity contribution in [1.82, 2.24) is 4.98 Å². The van der Waals surface area contributed by atoms with E-state index in [2.05, 4.69) is 4.98 Å². The van der Waals surface area contributed by atoms with Crippen molar-refractivity contribution in [2.45, 2.75) is 13.5 Å². The summed E-state index contributed by atoms with van der Waals surface area (Å²) in [4.78, 5) is 4.32. The summed E-state index contributed by atoms with van der Waals surface area (Å²) in [6, 6.07) is 13.3. The van der Waals surface area contributed by atoms with Gasteiger partial charge in [-0.15, -0.1) is 0 Å². The molecule has 0 saturated heterocycles. The molecule has 0 amide bonds. The second kappa shape index (κ2) is 5.62. The minimum absolute atomic E-state index is 0.474. The lowest BCUT2D eigenvalue weighted by atomic mass is 10.1. The highest BCUT2D eigenvalue weighted by molar-refractivity contribution is 6.30. The number of hydrogen-bond acceptors (Lipinski definition) is 3. The van der Waals surface area contributed by atoms with Crippen LogP contribution in [-0.4, -0.2) is 4.98 Å². The average Bonchev–Trinajstić information content (AvgIpc) is 2.48. The molecule has 0 atom stereocenters. The zero-order valence-electron chi connectivity index (χ0n) is 11.6. The van der Waals surface area contributed by atoms with E-state index in [0.717, 1.165) is 32.8 Å². The van der Waals surface area contributed by atoms with Crippen LogP contribution in [-0.2, 0) is 6.61 Å². The van der Waals surface area contributed by atoms with Crippen molar-refractivity contribution in [3.8, 4) is 5.75 Å². The minimum Gasteiger partial charge on any atom is -0.489 e. The lowest BCUT2D eigenvalue weighted by Crippen LogP contribution is -1.98. The third-order valence-corrected chi connectivity index (χ3v) is 3.64. The van der Waals surface area contributed by atoms with Gasteiger partial charge in [0.05, 0.1) is 11.2 Å². The van der Waals surface area contributed by atoms with Gasteiger partial charge < -0.3 is 10.5 Å². The molecule has 4 heteroatoms. The zero-order chi connectivity index (χ0) is 14.8. The lowest BCUT2D eigenvalue weighted by molar-refractivity contribution is 0.307. The number of nitrogens with zero attached hydrogens (tertiary/aromatic N) is 1. The molecule has 0 saturated carbocycles. The van der Waals surface area contributed by atoms with E-state index in [1.165, 1.54) is 0 Å². The average molecular weight is 299 g/mol. The fraction of sp³-hybridized carbons (Fsp3) is 0.118. The van der Waals surface area contributed by atoms with E-state index in [-0.39, 0.29) is 0 Å². The molecule has 106 valence electrons. The van der Waals surface area contributed by atoms with Gasteiger partial charge in [0, 0.05) is 22.7 Å². The van der Waals surface area contributed by atoms with Gasteiger partial charge in [-0.2, -0.15) is 0 Å². The molecule has 0 unspecified atom stereocenters. The molecular formula is C17H15ClN2O. The standard InChI is InChI=1S/C17H15ClN2O/c1-11-6-7-20-17-15(11)8-14(9-16(17)19)21-10-12-2-4-13(18)5-3-12/h2-9H,10,19H2,1H3. The van der Waals surface area contributed by atoms with Crippen LogP contribution < -0.4 is 10.5 Å². The van der Waals surface area contributed by atoms with Gasteiger partial charge >= 0.3 is 0 Å². The quantitative estimate of drug-likeness (QED) is 0.731. The third kappa shape index (κ3) is 2.93. The van der Waals surface area contributed by atoms with Crippen LogP contribution in [0.25, 0.3) is 10.9 Å². The van der Waals surface area contributed by atoms with Crippen LogP contribution in [0, 0.1) is 6.92 Å². The predicted molar refractivity (Wildman–Crippen MR) is 86.7 cm³/mol. The Morgan fingerprint density at radius 2 is 1.90 bits per heavy atom. The van der Waals surface area contributed by atoms with E-state index < -0.39 is 0 Å². The molecule has 3 aromatic rings. The summed E-state index contributed by atoms with van der Waals surface area (Å²) in [5, 5.41) is 1.74. The van der Waals surface area contributed by atoms with E-state index in [1.54, 1.807) is 6.20 Å². The zero-order valence-corrected chi connectivity index (χ0v) is 12.4. The first kappa shape index (κ1) is 13.7. The van der Waals surface area contributed by atoms with E-state index in [0.29, 0.717) is 12.3 Å². The van der Waals surface area contributed by atoms with Crippen LogP contribution in [0.3, 0.4) is 0 Å². The molecule has 2 N–H and O–H groups in total. The summed E-state index contributed by atoms with van der Waals surface area (Å²) < 4.78 is 5.82. The van der Waals surface area contributed by atoms with Gasteiger partial charge in [-0.3, -0.25) is 4.98 Å². The summed E-state index contributed by atoms with van der Waals surface area (Å²) in [6.45, 7) is 2.51. The first-order chi connectivity index (χ1) is 10.1. The second-order valence-electron chi connectivity index (χ2n) is 4.95. The van der Waals surface area contributed by atoms with E-state index in [9.17, 15) is 0 Å². The van der Waals surface area contributed by atoms with Crippen molar-refractivity contribution in [2.24, 2.45) is 0 Å². The highest BCUT2D eigenvalue weighted by Crippen LogP contribution is 2.28. The number of rotatable bonds is 3. The molecule has 0 spiro atoms. The Bertz CT molecular complexity index is 785. The lowest BCUT2D eigenvalue weighted by Gasteiger charge is -2.10. The Morgan fingerprint density at radius 1 is 1.14 bits per heavy atom. The van der Waals surface area contributed by atoms with Crippen molar-refractivity contribution >= 4 is 28.2 Å². The van der Waals surface area contributed by atoms with Crippen molar-refractivity contribution in [3.05, 3.63) is 64.8 Å². The molecular weight excluding hydrogens is 284 g/mol. The van der Waals surface area contributed by atoms with E-state index in [4.69, 9.17) is 22.1 Å². The summed E-state index contributed by atoms with van der Waals surface area (Å²) >= 11 is 5.87. The largest absolute Gasteiger partial charge is 0.489 e. The van der Waals surface area contributed by atoms with Gasteiger partial charge in [0.1, 0.15) is 12.4 Å². The molecule has 0 aliphatic heterocycles. The van der Waals surface area contributed by atoms with Crippen molar-refractivity contribution < 1.29 is 4.74 Å². The fourth-order valence-corrected chi connectivity index (χ4v) is 2.34. The molecule has 21 heavy (non-hydrogen) atoms. The fourth-order valence-electron chi connectivity index (χ4n) is 2.22. The monoisotopic (exact) mass is 298 g/mol. The minimum atomic E-state index is 0.474. The maximum absolute atomic E-state index is 6.05. The van der Waals surface area contributed by atoms with Crippen LogP contribution in [0.1, 0.15) is 11.1 Å². The Hall–Kier alpha value is -2.26. The number of anilines is 1. The number of aryl methyl sites for hydroxylation is 1. The summed E-state index contributed by atoms with van der Waals surface area (Å²) in [7, 11) is 0. The molecule has 0 bridgehead atoms. The van der Waals surface area contributed by atoms with Crippen LogP contribution in [0.4, 0.5) is 5.69 Å². The van der Waals surface area contributed by atoms with Gasteiger partial charge in [-0.25, -0.2) is 0 Å². The van der Waals surface area contributed by atoms with Gasteiger partial charge in [0.25, 0.3) is 0 Å². The number of ether oxygens (including phenoxy) is 1. The highest BCUT2D eigenvalue weighted by atomic mass is 35.5. The summed E-state index contributed by atoms with van der Waals surface area (Å²) in [5.74, 6) is 0.742. The highest BCUT2D eigenvalue weighted by Gasteiger charge is 2.06. The van der Waals surface area contributed by atoms with Crippen molar-refractivity contribution in [1.29, 1.82) is 0 Å². The molecule has 2 aromatic carbocycles. The van der Waals surface area contributed by atoms with Crippen molar-refractivity contribution in [3.63, 3.8) is 0 Å². The second-order valence-corrected chi connectivity index (χ2v) is 5.39. The molecule has 3 rings (SSSR count). The maximum Gasteiger partial charge on any atom is 0.122 e. The molecule has 0 fully saturated rings. The van der Waals surface area contributed by atoms with Crippen LogP contribution in [0.2, 0.25) is 5.02 Å². The molecule has 3 nitrogen and oxygen atoms in total. The number of nitrogens with two attached hydrogens (primary N) is 1. The van der Waals surface area contributed by atoms with E-state index >= 15 is 0 Å². The SMILES string of the molecule is Cc1ccnc2c(N)cc(OCc3ccc(Cl)cc3)cc12. The number of fused-ring (bicyclic) bond motifs is 1. The number of nitrogen functional groups attached to an aromatic ring is 1. The molecule has 0 radical (unpaired) electrons. The smallest absolute Gasteiger partial charge is 0.122 e. The van der Waals surface area contributed by atoms with Gasteiger partial charge in [0.2, 0.25) is 0 Å².